The Morgan fingerprint density at radius 3 is 2.56 bits per heavy atom. The summed E-state index contributed by atoms with van der Waals surface area (Å²) in [5.41, 5.74) is -1.35. The van der Waals surface area contributed by atoms with Gasteiger partial charge in [0.2, 0.25) is 0 Å². The molecule has 2 N–H and O–H groups in total. The van der Waals surface area contributed by atoms with Crippen molar-refractivity contribution in [2.75, 3.05) is 6.54 Å². The quantitative estimate of drug-likeness (QED) is 0.858. The van der Waals surface area contributed by atoms with E-state index in [1.54, 1.807) is 0 Å². The molecule has 4 nitrogen and oxygen atoms in total. The van der Waals surface area contributed by atoms with Crippen molar-refractivity contribution in [2.45, 2.75) is 12.8 Å². The van der Waals surface area contributed by atoms with Crippen molar-refractivity contribution in [1.29, 1.82) is 0 Å². The van der Waals surface area contributed by atoms with Gasteiger partial charge in [-0.1, -0.05) is 6.07 Å². The Labute approximate surface area is 102 Å². The molecule has 1 aliphatic rings. The molecule has 1 aromatic carbocycles. The summed E-state index contributed by atoms with van der Waals surface area (Å²) in [6, 6.07) is 3.28. The van der Waals surface area contributed by atoms with E-state index in [1.165, 1.54) is 6.07 Å². The highest BCUT2D eigenvalue weighted by Crippen LogP contribution is 2.45. The molecule has 0 radical (unpaired) electrons. The summed E-state index contributed by atoms with van der Waals surface area (Å²) in [6.45, 7) is -0.0723. The Morgan fingerprint density at radius 2 is 2.00 bits per heavy atom. The van der Waals surface area contributed by atoms with Gasteiger partial charge in [0.05, 0.1) is 11.0 Å². The molecule has 1 saturated carbocycles. The van der Waals surface area contributed by atoms with Crippen LogP contribution in [0, 0.1) is 17.0 Å². The van der Waals surface area contributed by atoms with Crippen molar-refractivity contribution in [2.24, 2.45) is 5.41 Å². The number of rotatable bonds is 4. The van der Waals surface area contributed by atoms with Gasteiger partial charge in [0.15, 0.2) is 11.6 Å². The molecule has 0 spiro atoms. The summed E-state index contributed by atoms with van der Waals surface area (Å²) in [6.07, 6.45) is 0.961. The highest BCUT2D eigenvalue weighted by Gasteiger charge is 2.50. The number of carbonyl (C=O) groups is 2. The van der Waals surface area contributed by atoms with Crippen molar-refractivity contribution in [3.05, 3.63) is 35.4 Å². The van der Waals surface area contributed by atoms with E-state index < -0.39 is 34.5 Å². The first-order valence-electron chi connectivity index (χ1n) is 5.42. The van der Waals surface area contributed by atoms with Crippen LogP contribution in [0.25, 0.3) is 0 Å². The monoisotopic (exact) mass is 255 g/mol. The molecule has 1 fully saturated rings. The lowest BCUT2D eigenvalue weighted by Crippen LogP contribution is -2.34. The maximum atomic E-state index is 13.3. The van der Waals surface area contributed by atoms with Crippen LogP contribution in [-0.4, -0.2) is 23.5 Å². The van der Waals surface area contributed by atoms with Gasteiger partial charge < -0.3 is 10.4 Å². The van der Waals surface area contributed by atoms with Crippen LogP contribution in [0.3, 0.4) is 0 Å². The van der Waals surface area contributed by atoms with Crippen molar-refractivity contribution in [3.63, 3.8) is 0 Å². The molecule has 0 bridgehead atoms. The average Bonchev–Trinajstić information content (AvgIpc) is 3.11. The lowest BCUT2D eigenvalue weighted by molar-refractivity contribution is -0.143. The number of benzene rings is 1. The average molecular weight is 255 g/mol. The predicted octanol–water partition coefficient (Wildman–Crippen LogP) is 1.56. The maximum absolute atomic E-state index is 13.3. The van der Waals surface area contributed by atoms with Gasteiger partial charge >= 0.3 is 5.97 Å². The number of amides is 1. The number of carboxylic acid groups (broad SMARTS) is 1. The van der Waals surface area contributed by atoms with Gasteiger partial charge in [0.25, 0.3) is 5.91 Å². The molecule has 0 atom stereocenters. The molecule has 0 aliphatic heterocycles. The number of halogens is 2. The molecule has 96 valence electrons. The minimum absolute atomic E-state index is 0.0723. The van der Waals surface area contributed by atoms with E-state index in [9.17, 15) is 18.4 Å². The van der Waals surface area contributed by atoms with Gasteiger partial charge in [0, 0.05) is 6.54 Å². The second kappa shape index (κ2) is 4.36. The van der Waals surface area contributed by atoms with Crippen LogP contribution in [0.5, 0.6) is 0 Å². The summed E-state index contributed by atoms with van der Waals surface area (Å²) in [4.78, 5) is 22.5. The highest BCUT2D eigenvalue weighted by atomic mass is 19.2. The molecular formula is C12H11F2NO3. The van der Waals surface area contributed by atoms with Gasteiger partial charge in [-0.05, 0) is 25.0 Å². The maximum Gasteiger partial charge on any atom is 0.311 e. The zero-order chi connectivity index (χ0) is 13.3. The van der Waals surface area contributed by atoms with Crippen molar-refractivity contribution in [1.82, 2.24) is 5.32 Å². The SMILES string of the molecule is O=C(NCC1(C(=O)O)CC1)c1cccc(F)c1F. The molecule has 1 aromatic rings. The Bertz CT molecular complexity index is 512. The number of aliphatic carboxylic acids is 1. The van der Waals surface area contributed by atoms with Gasteiger partial charge in [0.1, 0.15) is 0 Å². The van der Waals surface area contributed by atoms with Crippen LogP contribution >= 0.6 is 0 Å². The summed E-state index contributed by atoms with van der Waals surface area (Å²) in [5.74, 6) is -4.13. The van der Waals surface area contributed by atoms with Gasteiger partial charge in [-0.2, -0.15) is 0 Å². The van der Waals surface area contributed by atoms with E-state index in [-0.39, 0.29) is 6.54 Å². The van der Waals surface area contributed by atoms with E-state index in [4.69, 9.17) is 5.11 Å². The Morgan fingerprint density at radius 1 is 1.33 bits per heavy atom. The van der Waals surface area contributed by atoms with E-state index in [1.807, 2.05) is 0 Å². The van der Waals surface area contributed by atoms with Crippen molar-refractivity contribution in [3.8, 4) is 0 Å². The third-order valence-electron chi connectivity index (χ3n) is 3.09. The third-order valence-corrected chi connectivity index (χ3v) is 3.09. The zero-order valence-corrected chi connectivity index (χ0v) is 9.37. The van der Waals surface area contributed by atoms with E-state index in [2.05, 4.69) is 5.32 Å². The summed E-state index contributed by atoms with van der Waals surface area (Å²) >= 11 is 0. The number of hydrogen-bond acceptors (Lipinski definition) is 2. The van der Waals surface area contributed by atoms with Crippen LogP contribution in [0.15, 0.2) is 18.2 Å². The van der Waals surface area contributed by atoms with Crippen LogP contribution < -0.4 is 5.32 Å². The lowest BCUT2D eigenvalue weighted by Gasteiger charge is -2.11. The summed E-state index contributed by atoms with van der Waals surface area (Å²) < 4.78 is 26.2. The number of nitrogens with one attached hydrogen (secondary N) is 1. The number of carbonyl (C=O) groups excluding carboxylic acids is 1. The first-order chi connectivity index (χ1) is 8.46. The molecule has 18 heavy (non-hydrogen) atoms. The first-order valence-corrected chi connectivity index (χ1v) is 5.42. The smallest absolute Gasteiger partial charge is 0.311 e. The second-order valence-electron chi connectivity index (χ2n) is 4.37. The topological polar surface area (TPSA) is 66.4 Å². The molecule has 0 heterocycles. The second-order valence-corrected chi connectivity index (χ2v) is 4.37. The van der Waals surface area contributed by atoms with E-state index in [0.29, 0.717) is 12.8 Å². The molecule has 0 aromatic heterocycles. The molecule has 0 saturated heterocycles. The highest BCUT2D eigenvalue weighted by molar-refractivity contribution is 5.95. The van der Waals surface area contributed by atoms with Crippen LogP contribution in [-0.2, 0) is 4.79 Å². The summed E-state index contributed by atoms with van der Waals surface area (Å²) in [5, 5.41) is 11.2. The van der Waals surface area contributed by atoms with Gasteiger partial charge in [-0.25, -0.2) is 8.78 Å². The summed E-state index contributed by atoms with van der Waals surface area (Å²) in [7, 11) is 0. The third kappa shape index (κ3) is 2.18. The largest absolute Gasteiger partial charge is 0.481 e. The van der Waals surface area contributed by atoms with Gasteiger partial charge in [-0.3, -0.25) is 9.59 Å². The Hall–Kier alpha value is -1.98. The van der Waals surface area contributed by atoms with Crippen LogP contribution in [0.2, 0.25) is 0 Å². The van der Waals surface area contributed by atoms with Crippen molar-refractivity contribution >= 4 is 11.9 Å². The van der Waals surface area contributed by atoms with Crippen LogP contribution in [0.1, 0.15) is 23.2 Å². The molecule has 6 heteroatoms. The fourth-order valence-electron chi connectivity index (χ4n) is 1.64. The Balaban J connectivity index is 2.05. The van der Waals surface area contributed by atoms with Gasteiger partial charge in [-0.15, -0.1) is 0 Å². The molecule has 1 aliphatic carbocycles. The van der Waals surface area contributed by atoms with E-state index >= 15 is 0 Å². The number of hydrogen-bond donors (Lipinski definition) is 2. The Kier molecular flexibility index (Phi) is 3.02. The molecular weight excluding hydrogens is 244 g/mol. The first kappa shape index (κ1) is 12.5. The standard InChI is InChI=1S/C12H11F2NO3/c13-8-3-1-2-7(9(8)14)10(16)15-6-12(4-5-12)11(17)18/h1-3H,4-6H2,(H,15,16)(H,17,18). The molecule has 1 amide bonds. The molecule has 0 unspecified atom stereocenters. The number of carboxylic acids is 1. The van der Waals surface area contributed by atoms with E-state index in [0.717, 1.165) is 12.1 Å². The fourth-order valence-corrected chi connectivity index (χ4v) is 1.64. The van der Waals surface area contributed by atoms with Crippen LogP contribution in [0.4, 0.5) is 8.78 Å². The van der Waals surface area contributed by atoms with Crippen molar-refractivity contribution < 1.29 is 23.5 Å². The lowest BCUT2D eigenvalue weighted by atomic mass is 10.1. The fraction of sp³-hybridized carbons (Fsp3) is 0.333. The molecule has 2 rings (SSSR count). The minimum Gasteiger partial charge on any atom is -0.481 e. The normalized spacial score (nSPS) is 16.1. The zero-order valence-electron chi connectivity index (χ0n) is 9.37. The predicted molar refractivity (Wildman–Crippen MR) is 58.0 cm³/mol. The minimum atomic E-state index is -1.23.